The van der Waals surface area contributed by atoms with Gasteiger partial charge in [0, 0.05) is 30.3 Å². The van der Waals surface area contributed by atoms with E-state index in [2.05, 4.69) is 10.0 Å². The molecule has 3 aromatic rings. The van der Waals surface area contributed by atoms with Crippen molar-refractivity contribution in [3.63, 3.8) is 0 Å². The van der Waals surface area contributed by atoms with Crippen LogP contribution < -0.4 is 10.0 Å². The van der Waals surface area contributed by atoms with Crippen LogP contribution in [0.4, 0.5) is 0 Å². The molecular formula is C21H25N3O6S. The maximum absolute atomic E-state index is 12.8. The monoisotopic (exact) mass is 447 g/mol. The number of carbonyl (C=O) groups is 2. The molecular weight excluding hydrogens is 422 g/mol. The SMILES string of the molecule is CN(C)CCNC(=O)CCC(NS(=O)(=O)c1ccc2oc3ccccc3c2c1)C(=O)O. The van der Waals surface area contributed by atoms with Crippen LogP contribution in [-0.4, -0.2) is 63.5 Å². The average Bonchev–Trinajstić information content (AvgIpc) is 3.08. The number of rotatable bonds is 10. The van der Waals surface area contributed by atoms with Crippen molar-refractivity contribution in [2.24, 2.45) is 0 Å². The molecule has 3 rings (SSSR count). The summed E-state index contributed by atoms with van der Waals surface area (Å²) in [6.07, 6.45) is -0.280. The molecule has 0 aliphatic heterocycles. The lowest BCUT2D eigenvalue weighted by molar-refractivity contribution is -0.139. The van der Waals surface area contributed by atoms with Gasteiger partial charge in [-0.1, -0.05) is 18.2 Å². The molecule has 0 saturated carbocycles. The number of amides is 1. The molecule has 0 bridgehead atoms. The Hall–Kier alpha value is -2.95. The third-order valence-electron chi connectivity index (χ3n) is 4.80. The van der Waals surface area contributed by atoms with Crippen LogP contribution in [0.5, 0.6) is 0 Å². The van der Waals surface area contributed by atoms with E-state index in [9.17, 15) is 23.1 Å². The number of carbonyl (C=O) groups excluding carboxylic acids is 1. The van der Waals surface area contributed by atoms with Crippen LogP contribution >= 0.6 is 0 Å². The van der Waals surface area contributed by atoms with Gasteiger partial charge < -0.3 is 19.7 Å². The van der Waals surface area contributed by atoms with Gasteiger partial charge in [-0.3, -0.25) is 9.59 Å². The molecule has 9 nitrogen and oxygen atoms in total. The smallest absolute Gasteiger partial charge is 0.321 e. The predicted molar refractivity (Wildman–Crippen MR) is 116 cm³/mol. The molecule has 0 radical (unpaired) electrons. The third kappa shape index (κ3) is 5.60. The number of carboxylic acids is 1. The summed E-state index contributed by atoms with van der Waals surface area (Å²) in [5.41, 5.74) is 1.16. The maximum atomic E-state index is 12.8. The first-order valence-corrected chi connectivity index (χ1v) is 11.2. The second-order valence-corrected chi connectivity index (χ2v) is 9.17. The Bertz CT molecular complexity index is 1200. The number of nitrogens with zero attached hydrogens (tertiary/aromatic N) is 1. The minimum absolute atomic E-state index is 0.0757. The predicted octanol–water partition coefficient (Wildman–Crippen LogP) is 1.78. The van der Waals surface area contributed by atoms with E-state index >= 15 is 0 Å². The van der Waals surface area contributed by atoms with E-state index in [1.807, 2.05) is 37.2 Å². The van der Waals surface area contributed by atoms with Gasteiger partial charge in [0.25, 0.3) is 0 Å². The molecule has 1 atom stereocenters. The number of fused-ring (bicyclic) bond motifs is 3. The Morgan fingerprint density at radius 2 is 1.81 bits per heavy atom. The van der Waals surface area contributed by atoms with E-state index in [-0.39, 0.29) is 23.6 Å². The largest absolute Gasteiger partial charge is 0.480 e. The summed E-state index contributed by atoms with van der Waals surface area (Å²) in [4.78, 5) is 25.3. The molecule has 10 heteroatoms. The van der Waals surface area contributed by atoms with Crippen molar-refractivity contribution in [3.05, 3.63) is 42.5 Å². The molecule has 3 N–H and O–H groups in total. The molecule has 0 fully saturated rings. The number of hydrogen-bond acceptors (Lipinski definition) is 6. The summed E-state index contributed by atoms with van der Waals surface area (Å²) in [6.45, 7) is 1.07. The summed E-state index contributed by atoms with van der Waals surface area (Å²) in [5, 5.41) is 13.5. The van der Waals surface area contributed by atoms with E-state index in [1.165, 1.54) is 18.2 Å². The van der Waals surface area contributed by atoms with Crippen LogP contribution in [-0.2, 0) is 19.6 Å². The number of para-hydroxylation sites is 1. The van der Waals surface area contributed by atoms with E-state index in [4.69, 9.17) is 4.42 Å². The Morgan fingerprint density at radius 3 is 2.52 bits per heavy atom. The van der Waals surface area contributed by atoms with Crippen molar-refractivity contribution < 1.29 is 27.5 Å². The van der Waals surface area contributed by atoms with Crippen molar-refractivity contribution in [3.8, 4) is 0 Å². The molecule has 0 aliphatic rings. The summed E-state index contributed by atoms with van der Waals surface area (Å²) in [5.74, 6) is -1.68. The highest BCUT2D eigenvalue weighted by atomic mass is 32.2. The van der Waals surface area contributed by atoms with Crippen LogP contribution in [0.25, 0.3) is 21.9 Å². The van der Waals surface area contributed by atoms with Crippen LogP contribution in [0, 0.1) is 0 Å². The normalized spacial score (nSPS) is 13.0. The molecule has 2 aromatic carbocycles. The van der Waals surface area contributed by atoms with E-state index in [0.717, 1.165) is 5.39 Å². The van der Waals surface area contributed by atoms with Crippen LogP contribution in [0.15, 0.2) is 51.8 Å². The molecule has 31 heavy (non-hydrogen) atoms. The molecule has 166 valence electrons. The number of hydrogen-bond donors (Lipinski definition) is 3. The zero-order valence-electron chi connectivity index (χ0n) is 17.3. The number of carboxylic acid groups (broad SMARTS) is 1. The number of likely N-dealkylation sites (N-methyl/N-ethyl adjacent to an activating group) is 1. The van der Waals surface area contributed by atoms with Crippen molar-refractivity contribution in [1.82, 2.24) is 14.9 Å². The van der Waals surface area contributed by atoms with Gasteiger partial charge in [-0.05, 0) is 44.8 Å². The average molecular weight is 448 g/mol. The van der Waals surface area contributed by atoms with Crippen molar-refractivity contribution in [2.75, 3.05) is 27.2 Å². The second kappa shape index (κ2) is 9.46. The molecule has 0 aliphatic carbocycles. The molecule has 1 heterocycles. The topological polar surface area (TPSA) is 129 Å². The van der Waals surface area contributed by atoms with Crippen LogP contribution in [0.2, 0.25) is 0 Å². The molecule has 1 aromatic heterocycles. The highest BCUT2D eigenvalue weighted by Gasteiger charge is 2.26. The molecule has 1 unspecified atom stereocenters. The first-order valence-electron chi connectivity index (χ1n) is 9.75. The fraction of sp³-hybridized carbons (Fsp3) is 0.333. The Kier molecular flexibility index (Phi) is 6.94. The first-order chi connectivity index (χ1) is 14.7. The van der Waals surface area contributed by atoms with Crippen LogP contribution in [0.3, 0.4) is 0 Å². The third-order valence-corrected chi connectivity index (χ3v) is 6.26. The van der Waals surface area contributed by atoms with Gasteiger partial charge >= 0.3 is 5.97 Å². The van der Waals surface area contributed by atoms with Gasteiger partial charge in [0.05, 0.1) is 4.90 Å². The van der Waals surface area contributed by atoms with E-state index in [1.54, 1.807) is 6.07 Å². The molecule has 0 spiro atoms. The number of nitrogens with one attached hydrogen (secondary N) is 2. The fourth-order valence-electron chi connectivity index (χ4n) is 3.14. The van der Waals surface area contributed by atoms with E-state index in [0.29, 0.717) is 29.6 Å². The summed E-state index contributed by atoms with van der Waals surface area (Å²) < 4.78 is 33.6. The van der Waals surface area contributed by atoms with Gasteiger partial charge in [-0.2, -0.15) is 4.72 Å². The van der Waals surface area contributed by atoms with Gasteiger partial charge in [0.15, 0.2) is 0 Å². The molecule has 1 amide bonds. The molecule has 0 saturated heterocycles. The number of aliphatic carboxylic acids is 1. The second-order valence-electron chi connectivity index (χ2n) is 7.46. The van der Waals surface area contributed by atoms with Crippen molar-refractivity contribution in [1.29, 1.82) is 0 Å². The first kappa shape index (κ1) is 22.7. The number of furan rings is 1. The summed E-state index contributed by atoms with van der Waals surface area (Å²) in [6, 6.07) is 10.2. The van der Waals surface area contributed by atoms with Crippen molar-refractivity contribution in [2.45, 2.75) is 23.8 Å². The quantitative estimate of drug-likeness (QED) is 0.432. The van der Waals surface area contributed by atoms with Gasteiger partial charge in [-0.25, -0.2) is 8.42 Å². The highest BCUT2D eigenvalue weighted by molar-refractivity contribution is 7.89. The van der Waals surface area contributed by atoms with Crippen LogP contribution in [0.1, 0.15) is 12.8 Å². The Morgan fingerprint density at radius 1 is 1.10 bits per heavy atom. The summed E-state index contributed by atoms with van der Waals surface area (Å²) >= 11 is 0. The zero-order valence-corrected chi connectivity index (χ0v) is 18.1. The minimum atomic E-state index is -4.13. The van der Waals surface area contributed by atoms with E-state index < -0.39 is 22.0 Å². The fourth-order valence-corrected chi connectivity index (χ4v) is 4.39. The van der Waals surface area contributed by atoms with Crippen molar-refractivity contribution >= 4 is 43.8 Å². The summed E-state index contributed by atoms with van der Waals surface area (Å²) in [7, 11) is -0.397. The Labute approximate surface area is 180 Å². The minimum Gasteiger partial charge on any atom is -0.480 e. The van der Waals surface area contributed by atoms with Gasteiger partial charge in [0.1, 0.15) is 17.2 Å². The highest BCUT2D eigenvalue weighted by Crippen LogP contribution is 2.30. The lowest BCUT2D eigenvalue weighted by atomic mass is 10.1. The number of benzene rings is 2. The van der Waals surface area contributed by atoms with Gasteiger partial charge in [0.2, 0.25) is 15.9 Å². The van der Waals surface area contributed by atoms with Gasteiger partial charge in [-0.15, -0.1) is 0 Å². The lowest BCUT2D eigenvalue weighted by Crippen LogP contribution is -2.41. The Balaban J connectivity index is 1.73. The lowest BCUT2D eigenvalue weighted by Gasteiger charge is -2.15. The maximum Gasteiger partial charge on any atom is 0.321 e. The number of sulfonamides is 1. The zero-order chi connectivity index (χ0) is 22.6. The standard InChI is InChI=1S/C21H25N3O6S/c1-24(2)12-11-22-20(25)10-8-17(21(26)27)23-31(28,29)14-7-9-19-16(13-14)15-5-3-4-6-18(15)30-19/h3-7,9,13,17,23H,8,10-12H2,1-2H3,(H,22,25)(H,26,27).